The molecule has 1 N–H and O–H groups in total. The van der Waals surface area contributed by atoms with Crippen LogP contribution in [0.15, 0.2) is 11.6 Å². The lowest BCUT2D eigenvalue weighted by atomic mass is 9.88. The van der Waals surface area contributed by atoms with Crippen molar-refractivity contribution in [3.63, 3.8) is 0 Å². The van der Waals surface area contributed by atoms with E-state index in [1.807, 2.05) is 0 Å². The Morgan fingerprint density at radius 2 is 2.00 bits per heavy atom. The zero-order valence-corrected chi connectivity index (χ0v) is 9.10. The highest BCUT2D eigenvalue weighted by molar-refractivity contribution is 5.03. The molecule has 0 spiro atoms. The van der Waals surface area contributed by atoms with Crippen molar-refractivity contribution in [2.24, 2.45) is 5.92 Å². The number of nitrogens with one attached hydrogen (secondary N) is 1. The quantitative estimate of drug-likeness (QED) is 0.657. The first-order valence-corrected chi connectivity index (χ1v) is 5.71. The fraction of sp³-hybridized carbons (Fsp3) is 0.833. The van der Waals surface area contributed by atoms with Gasteiger partial charge in [0.05, 0.1) is 0 Å². The van der Waals surface area contributed by atoms with Crippen molar-refractivity contribution in [2.45, 2.75) is 46.0 Å². The molecular weight excluding hydrogens is 158 g/mol. The molecule has 0 amide bonds. The van der Waals surface area contributed by atoms with Crippen LogP contribution in [0.5, 0.6) is 0 Å². The van der Waals surface area contributed by atoms with E-state index in [0.717, 1.165) is 19.0 Å². The van der Waals surface area contributed by atoms with Gasteiger partial charge in [-0.1, -0.05) is 37.8 Å². The molecule has 13 heavy (non-hydrogen) atoms. The summed E-state index contributed by atoms with van der Waals surface area (Å²) in [5.74, 6) is 0.882. The van der Waals surface area contributed by atoms with Gasteiger partial charge in [-0.05, 0) is 32.2 Å². The van der Waals surface area contributed by atoms with Crippen LogP contribution in [0.3, 0.4) is 0 Å². The SMILES string of the molecule is CCNCC(C)=CC1CCCCC1. The highest BCUT2D eigenvalue weighted by atomic mass is 14.8. The molecule has 1 nitrogen and oxygen atoms in total. The Morgan fingerprint density at radius 1 is 1.31 bits per heavy atom. The van der Waals surface area contributed by atoms with Crippen LogP contribution in [0.25, 0.3) is 0 Å². The van der Waals surface area contributed by atoms with Gasteiger partial charge in [-0.3, -0.25) is 0 Å². The van der Waals surface area contributed by atoms with Crippen molar-refractivity contribution in [3.8, 4) is 0 Å². The average molecular weight is 181 g/mol. The lowest BCUT2D eigenvalue weighted by molar-refractivity contribution is 0.417. The summed E-state index contributed by atoms with van der Waals surface area (Å²) in [5, 5.41) is 3.37. The summed E-state index contributed by atoms with van der Waals surface area (Å²) in [6.45, 7) is 6.56. The molecule has 1 heteroatoms. The van der Waals surface area contributed by atoms with Crippen molar-refractivity contribution in [3.05, 3.63) is 11.6 Å². The lowest BCUT2D eigenvalue weighted by Gasteiger charge is -2.19. The molecule has 76 valence electrons. The van der Waals surface area contributed by atoms with Gasteiger partial charge in [-0.2, -0.15) is 0 Å². The predicted molar refractivity (Wildman–Crippen MR) is 58.9 cm³/mol. The first kappa shape index (κ1) is 10.8. The Hall–Kier alpha value is -0.300. The first-order chi connectivity index (χ1) is 6.33. The van der Waals surface area contributed by atoms with E-state index >= 15 is 0 Å². The topological polar surface area (TPSA) is 12.0 Å². The molecule has 0 unspecified atom stereocenters. The fourth-order valence-electron chi connectivity index (χ4n) is 2.08. The van der Waals surface area contributed by atoms with Crippen LogP contribution in [0.4, 0.5) is 0 Å². The lowest BCUT2D eigenvalue weighted by Crippen LogP contribution is -2.16. The van der Waals surface area contributed by atoms with Crippen molar-refractivity contribution in [1.29, 1.82) is 0 Å². The second kappa shape index (κ2) is 6.20. The molecule has 1 aliphatic carbocycles. The number of rotatable bonds is 4. The summed E-state index contributed by atoms with van der Waals surface area (Å²) in [7, 11) is 0. The molecule has 1 aliphatic rings. The maximum atomic E-state index is 3.37. The molecule has 0 aromatic carbocycles. The summed E-state index contributed by atoms with van der Waals surface area (Å²) >= 11 is 0. The van der Waals surface area contributed by atoms with Crippen LogP contribution in [-0.4, -0.2) is 13.1 Å². The molecule has 1 saturated carbocycles. The van der Waals surface area contributed by atoms with Crippen molar-refractivity contribution in [2.75, 3.05) is 13.1 Å². The van der Waals surface area contributed by atoms with Gasteiger partial charge in [0.1, 0.15) is 0 Å². The number of hydrogen-bond acceptors (Lipinski definition) is 1. The zero-order valence-electron chi connectivity index (χ0n) is 9.10. The zero-order chi connectivity index (χ0) is 9.52. The van der Waals surface area contributed by atoms with Crippen molar-refractivity contribution < 1.29 is 0 Å². The third kappa shape index (κ3) is 4.47. The summed E-state index contributed by atoms with van der Waals surface area (Å²) in [5.41, 5.74) is 1.52. The van der Waals surface area contributed by atoms with Crippen LogP contribution in [0.2, 0.25) is 0 Å². The summed E-state index contributed by atoms with van der Waals surface area (Å²) in [6.07, 6.45) is 9.66. The number of hydrogen-bond donors (Lipinski definition) is 1. The molecule has 0 aromatic rings. The van der Waals surface area contributed by atoms with Gasteiger partial charge in [-0.15, -0.1) is 0 Å². The summed E-state index contributed by atoms with van der Waals surface area (Å²) < 4.78 is 0. The fourth-order valence-corrected chi connectivity index (χ4v) is 2.08. The van der Waals surface area contributed by atoms with Gasteiger partial charge in [0.15, 0.2) is 0 Å². The van der Waals surface area contributed by atoms with E-state index in [4.69, 9.17) is 0 Å². The van der Waals surface area contributed by atoms with E-state index in [-0.39, 0.29) is 0 Å². The maximum Gasteiger partial charge on any atom is 0.0161 e. The van der Waals surface area contributed by atoms with E-state index in [1.54, 1.807) is 0 Å². The largest absolute Gasteiger partial charge is 0.313 e. The van der Waals surface area contributed by atoms with E-state index in [0.29, 0.717) is 0 Å². The Balaban J connectivity index is 2.25. The van der Waals surface area contributed by atoms with Crippen LogP contribution in [0.1, 0.15) is 46.0 Å². The second-order valence-corrected chi connectivity index (χ2v) is 4.19. The molecule has 0 saturated heterocycles. The standard InChI is InChI=1S/C12H23N/c1-3-13-10-11(2)9-12-7-5-4-6-8-12/h9,12-13H,3-8,10H2,1-2H3. The van der Waals surface area contributed by atoms with Gasteiger partial charge >= 0.3 is 0 Å². The Kier molecular flexibility index (Phi) is 5.14. The third-order valence-electron chi connectivity index (χ3n) is 2.82. The number of likely N-dealkylation sites (N-methyl/N-ethyl adjacent to an activating group) is 1. The van der Waals surface area contributed by atoms with Crippen LogP contribution in [-0.2, 0) is 0 Å². The molecule has 1 rings (SSSR count). The van der Waals surface area contributed by atoms with Crippen molar-refractivity contribution in [1.82, 2.24) is 5.32 Å². The molecule has 0 bridgehead atoms. The van der Waals surface area contributed by atoms with Crippen LogP contribution in [0, 0.1) is 5.92 Å². The monoisotopic (exact) mass is 181 g/mol. The van der Waals surface area contributed by atoms with Crippen molar-refractivity contribution >= 4 is 0 Å². The third-order valence-corrected chi connectivity index (χ3v) is 2.82. The van der Waals surface area contributed by atoms with Crippen LogP contribution >= 0.6 is 0 Å². The molecular formula is C12H23N. The number of allylic oxidation sites excluding steroid dienone is 1. The van der Waals surface area contributed by atoms with Gasteiger partial charge in [-0.25, -0.2) is 0 Å². The smallest absolute Gasteiger partial charge is 0.0161 e. The highest BCUT2D eigenvalue weighted by Crippen LogP contribution is 2.25. The first-order valence-electron chi connectivity index (χ1n) is 5.71. The van der Waals surface area contributed by atoms with Gasteiger partial charge < -0.3 is 5.32 Å². The molecule has 0 atom stereocenters. The molecule has 0 aliphatic heterocycles. The Morgan fingerprint density at radius 3 is 2.62 bits per heavy atom. The highest BCUT2D eigenvalue weighted by Gasteiger charge is 2.10. The van der Waals surface area contributed by atoms with E-state index in [2.05, 4.69) is 25.2 Å². The van der Waals surface area contributed by atoms with E-state index in [1.165, 1.54) is 37.7 Å². The maximum absolute atomic E-state index is 3.37. The minimum Gasteiger partial charge on any atom is -0.313 e. The molecule has 1 fully saturated rings. The van der Waals surface area contributed by atoms with Gasteiger partial charge in [0.25, 0.3) is 0 Å². The minimum absolute atomic E-state index is 0.882. The molecule has 0 heterocycles. The Labute approximate surface area is 82.6 Å². The van der Waals surface area contributed by atoms with Gasteiger partial charge in [0.2, 0.25) is 0 Å². The Bertz CT molecular complexity index is 155. The molecule has 0 aromatic heterocycles. The van der Waals surface area contributed by atoms with Gasteiger partial charge in [0, 0.05) is 6.54 Å². The minimum atomic E-state index is 0.882. The average Bonchev–Trinajstić information content (AvgIpc) is 2.16. The van der Waals surface area contributed by atoms with E-state index < -0.39 is 0 Å². The predicted octanol–water partition coefficient (Wildman–Crippen LogP) is 3.12. The second-order valence-electron chi connectivity index (χ2n) is 4.19. The van der Waals surface area contributed by atoms with Crippen LogP contribution < -0.4 is 5.32 Å². The molecule has 0 radical (unpaired) electrons. The summed E-state index contributed by atoms with van der Waals surface area (Å²) in [6, 6.07) is 0. The normalized spacial score (nSPS) is 20.6. The summed E-state index contributed by atoms with van der Waals surface area (Å²) in [4.78, 5) is 0. The van der Waals surface area contributed by atoms with E-state index in [9.17, 15) is 0 Å².